The summed E-state index contributed by atoms with van der Waals surface area (Å²) in [6, 6.07) is 4.81. The lowest BCUT2D eigenvalue weighted by atomic mass is 9.84. The minimum Gasteiger partial charge on any atom is -0.341 e. The Morgan fingerprint density at radius 1 is 1.17 bits per heavy atom. The summed E-state index contributed by atoms with van der Waals surface area (Å²) in [6.45, 7) is 3.15. The van der Waals surface area contributed by atoms with E-state index in [1.807, 2.05) is 0 Å². The topological polar surface area (TPSA) is 102 Å². The molecule has 2 heterocycles. The first-order chi connectivity index (χ1) is 16.1. The Labute approximate surface area is 197 Å². The number of fused-ring (bicyclic) bond motifs is 1. The number of aromatic nitrogens is 4. The predicted octanol–water partition coefficient (Wildman–Crippen LogP) is 5.18. The zero-order chi connectivity index (χ0) is 26.2. The van der Waals surface area contributed by atoms with Gasteiger partial charge in [-0.1, -0.05) is 19.9 Å². The summed E-state index contributed by atoms with van der Waals surface area (Å²) < 4.78 is 79.7. The van der Waals surface area contributed by atoms with Gasteiger partial charge >= 0.3 is 12.4 Å². The van der Waals surface area contributed by atoms with E-state index < -0.39 is 49.1 Å². The highest BCUT2D eigenvalue weighted by Gasteiger charge is 2.49. The fourth-order valence-electron chi connectivity index (χ4n) is 3.50. The number of benzene rings is 1. The maximum absolute atomic E-state index is 13.7. The Hall–Kier alpha value is -3.09. The fourth-order valence-corrected chi connectivity index (χ4v) is 3.50. The standard InChI is InChI=1S/C22H26F6N6O/c1-12(29)13-4-5-14-15(10-13)32-18(31-14)16(11-20(2,3)22(26,27)28)33-19(35)17-6-8-30-34(17)9-7-21(23,24)25/h4-6,8,10,12,16H,7,9,11,29H2,1-3H3,(H,31,32)(H,33,35)/t12?,16-/m0/s1. The number of hydrogen-bond acceptors (Lipinski definition) is 4. The lowest BCUT2D eigenvalue weighted by molar-refractivity contribution is -0.215. The van der Waals surface area contributed by atoms with Gasteiger partial charge in [0.15, 0.2) is 0 Å². The molecule has 0 aliphatic carbocycles. The van der Waals surface area contributed by atoms with Crippen LogP contribution in [0.5, 0.6) is 0 Å². The van der Waals surface area contributed by atoms with Crippen molar-refractivity contribution in [2.75, 3.05) is 0 Å². The van der Waals surface area contributed by atoms with Gasteiger partial charge in [-0.2, -0.15) is 31.4 Å². The monoisotopic (exact) mass is 504 g/mol. The molecule has 1 unspecified atom stereocenters. The van der Waals surface area contributed by atoms with Gasteiger partial charge in [0.25, 0.3) is 5.91 Å². The molecule has 0 aliphatic heterocycles. The van der Waals surface area contributed by atoms with E-state index in [0.29, 0.717) is 11.0 Å². The van der Waals surface area contributed by atoms with E-state index in [1.165, 1.54) is 6.07 Å². The van der Waals surface area contributed by atoms with Crippen LogP contribution in [0.3, 0.4) is 0 Å². The molecule has 2 atom stereocenters. The van der Waals surface area contributed by atoms with Crippen LogP contribution in [0.4, 0.5) is 26.3 Å². The number of hydrogen-bond donors (Lipinski definition) is 3. The number of rotatable bonds is 8. The third-order valence-electron chi connectivity index (χ3n) is 5.72. The molecule has 192 valence electrons. The number of halogens is 6. The zero-order valence-corrected chi connectivity index (χ0v) is 19.3. The van der Waals surface area contributed by atoms with Gasteiger partial charge in [0.2, 0.25) is 0 Å². The van der Waals surface area contributed by atoms with E-state index in [-0.39, 0.29) is 17.6 Å². The summed E-state index contributed by atoms with van der Waals surface area (Å²) in [6.07, 6.45) is -9.69. The highest BCUT2D eigenvalue weighted by atomic mass is 19.4. The smallest absolute Gasteiger partial charge is 0.341 e. The summed E-state index contributed by atoms with van der Waals surface area (Å²) in [5.74, 6) is -0.793. The molecule has 0 bridgehead atoms. The number of carbonyl (C=O) groups is 1. The zero-order valence-electron chi connectivity index (χ0n) is 19.3. The van der Waals surface area contributed by atoms with E-state index in [2.05, 4.69) is 20.4 Å². The molecule has 13 heteroatoms. The third kappa shape index (κ3) is 6.32. The van der Waals surface area contributed by atoms with Crippen molar-refractivity contribution in [3.8, 4) is 0 Å². The van der Waals surface area contributed by atoms with E-state index in [9.17, 15) is 31.1 Å². The molecular formula is C22H26F6N6O. The average Bonchev–Trinajstić information content (AvgIpc) is 3.36. The number of nitrogens with one attached hydrogen (secondary N) is 2. The van der Waals surface area contributed by atoms with Crippen LogP contribution < -0.4 is 11.1 Å². The number of imidazole rings is 1. The Balaban J connectivity index is 1.94. The number of aromatic amines is 1. The minimum absolute atomic E-state index is 0.0776. The van der Waals surface area contributed by atoms with Crippen molar-refractivity contribution in [2.24, 2.45) is 11.1 Å². The van der Waals surface area contributed by atoms with E-state index >= 15 is 0 Å². The molecule has 0 saturated carbocycles. The van der Waals surface area contributed by atoms with Crippen molar-refractivity contribution < 1.29 is 31.1 Å². The highest BCUT2D eigenvalue weighted by molar-refractivity contribution is 5.92. The van der Waals surface area contributed by atoms with Gasteiger partial charge in [-0.15, -0.1) is 0 Å². The summed E-state index contributed by atoms with van der Waals surface area (Å²) in [7, 11) is 0. The van der Waals surface area contributed by atoms with Gasteiger partial charge in [-0.25, -0.2) is 4.98 Å². The first-order valence-electron chi connectivity index (χ1n) is 10.8. The van der Waals surface area contributed by atoms with Crippen molar-refractivity contribution in [1.82, 2.24) is 25.1 Å². The number of alkyl halides is 6. The average molecular weight is 504 g/mol. The van der Waals surface area contributed by atoms with Crippen LogP contribution in [0.25, 0.3) is 11.0 Å². The van der Waals surface area contributed by atoms with Crippen molar-refractivity contribution in [3.63, 3.8) is 0 Å². The van der Waals surface area contributed by atoms with Crippen molar-refractivity contribution >= 4 is 16.9 Å². The first kappa shape index (κ1) is 26.5. The second-order valence-electron chi connectivity index (χ2n) is 9.10. The SMILES string of the molecule is CC(N)c1ccc2[nH]c([C@H](CC(C)(C)C(F)(F)F)NC(=O)c3ccnn3CCC(F)(F)F)nc2c1. The van der Waals surface area contributed by atoms with Crippen molar-refractivity contribution in [2.45, 2.75) is 64.6 Å². The lowest BCUT2D eigenvalue weighted by Crippen LogP contribution is -2.39. The second kappa shape index (κ2) is 9.51. The number of aryl methyl sites for hydroxylation is 1. The van der Waals surface area contributed by atoms with Crippen LogP contribution in [0.2, 0.25) is 0 Å². The number of H-pyrrole nitrogens is 1. The summed E-state index contributed by atoms with van der Waals surface area (Å²) in [5, 5.41) is 6.24. The summed E-state index contributed by atoms with van der Waals surface area (Å²) in [4.78, 5) is 20.3. The van der Waals surface area contributed by atoms with Gasteiger partial charge in [0.05, 0.1) is 35.5 Å². The summed E-state index contributed by atoms with van der Waals surface area (Å²) in [5.41, 5.74) is 5.22. The number of amides is 1. The van der Waals surface area contributed by atoms with Gasteiger partial charge in [0.1, 0.15) is 11.5 Å². The Morgan fingerprint density at radius 3 is 2.46 bits per heavy atom. The molecule has 0 radical (unpaired) electrons. The Morgan fingerprint density at radius 2 is 1.86 bits per heavy atom. The molecular weight excluding hydrogens is 478 g/mol. The molecule has 7 nitrogen and oxygen atoms in total. The van der Waals surface area contributed by atoms with Crippen LogP contribution in [0.15, 0.2) is 30.5 Å². The van der Waals surface area contributed by atoms with Crippen molar-refractivity contribution in [1.29, 1.82) is 0 Å². The van der Waals surface area contributed by atoms with Gasteiger partial charge < -0.3 is 16.0 Å². The molecule has 2 aromatic heterocycles. The van der Waals surface area contributed by atoms with Gasteiger partial charge in [-0.3, -0.25) is 9.48 Å². The molecule has 3 rings (SSSR count). The fraction of sp³-hybridized carbons (Fsp3) is 0.500. The molecule has 0 aliphatic rings. The number of nitrogens with two attached hydrogens (primary N) is 1. The molecule has 0 fully saturated rings. The molecule has 1 amide bonds. The van der Waals surface area contributed by atoms with Crippen LogP contribution >= 0.6 is 0 Å². The van der Waals surface area contributed by atoms with E-state index in [1.54, 1.807) is 25.1 Å². The Bertz CT molecular complexity index is 1180. The number of nitrogens with zero attached hydrogens (tertiary/aromatic N) is 3. The minimum atomic E-state index is -4.58. The van der Waals surface area contributed by atoms with Crippen molar-refractivity contribution in [3.05, 3.63) is 47.5 Å². The second-order valence-corrected chi connectivity index (χ2v) is 9.10. The molecule has 35 heavy (non-hydrogen) atoms. The predicted molar refractivity (Wildman–Crippen MR) is 116 cm³/mol. The highest BCUT2D eigenvalue weighted by Crippen LogP contribution is 2.43. The summed E-state index contributed by atoms with van der Waals surface area (Å²) >= 11 is 0. The molecule has 0 spiro atoms. The molecule has 0 saturated heterocycles. The van der Waals surface area contributed by atoms with Crippen LogP contribution in [-0.2, 0) is 6.54 Å². The number of carbonyl (C=O) groups excluding carboxylic acids is 1. The van der Waals surface area contributed by atoms with Gasteiger partial charge in [-0.05, 0) is 37.1 Å². The van der Waals surface area contributed by atoms with E-state index in [4.69, 9.17) is 5.73 Å². The lowest BCUT2D eigenvalue weighted by Gasteiger charge is -2.31. The van der Waals surface area contributed by atoms with Crippen LogP contribution in [-0.4, -0.2) is 38.0 Å². The quantitative estimate of drug-likeness (QED) is 0.368. The third-order valence-corrected chi connectivity index (χ3v) is 5.72. The van der Waals surface area contributed by atoms with Crippen LogP contribution in [0, 0.1) is 5.41 Å². The van der Waals surface area contributed by atoms with E-state index in [0.717, 1.165) is 30.3 Å². The maximum Gasteiger partial charge on any atom is 0.394 e. The first-order valence-corrected chi connectivity index (χ1v) is 10.8. The van der Waals surface area contributed by atoms with Gasteiger partial charge in [0, 0.05) is 12.2 Å². The largest absolute Gasteiger partial charge is 0.394 e. The maximum atomic E-state index is 13.7. The molecule has 3 aromatic rings. The molecule has 4 N–H and O–H groups in total. The normalized spacial score (nSPS) is 14.8. The Kier molecular flexibility index (Phi) is 7.21. The molecule has 1 aromatic carbocycles. The van der Waals surface area contributed by atoms with Crippen LogP contribution in [0.1, 0.15) is 67.6 Å².